The van der Waals surface area contributed by atoms with Gasteiger partial charge < -0.3 is 15.4 Å². The van der Waals surface area contributed by atoms with E-state index in [1.807, 2.05) is 36.1 Å². The number of nitrogens with two attached hydrogens (primary N) is 1. The molecule has 1 aliphatic heterocycles. The topological polar surface area (TPSA) is 50.9 Å². The predicted molar refractivity (Wildman–Crippen MR) is 78.0 cm³/mol. The van der Waals surface area contributed by atoms with E-state index in [1.54, 1.807) is 7.11 Å². The summed E-state index contributed by atoms with van der Waals surface area (Å²) in [5, 5.41) is 0. The Balaban J connectivity index is 2.39. The van der Waals surface area contributed by atoms with Crippen LogP contribution in [0.3, 0.4) is 0 Å². The molecular formula is C13H18BrN3O. The number of halogens is 1. The van der Waals surface area contributed by atoms with Crippen molar-refractivity contribution in [3.63, 3.8) is 0 Å². The van der Waals surface area contributed by atoms with Gasteiger partial charge in [0, 0.05) is 17.3 Å². The van der Waals surface area contributed by atoms with Crippen molar-refractivity contribution in [3.05, 3.63) is 28.7 Å². The number of ether oxygens (including phenoxy) is 1. The van der Waals surface area contributed by atoms with Crippen molar-refractivity contribution in [3.8, 4) is 0 Å². The van der Waals surface area contributed by atoms with Crippen LogP contribution in [0.5, 0.6) is 0 Å². The molecule has 18 heavy (non-hydrogen) atoms. The van der Waals surface area contributed by atoms with Crippen LogP contribution >= 0.6 is 15.9 Å². The SMILES string of the molecule is COC(C)C1(C)CN=C(N)N1c1ccc(Br)cc1. The summed E-state index contributed by atoms with van der Waals surface area (Å²) in [6, 6.07) is 8.05. The fraction of sp³-hybridized carbons (Fsp3) is 0.462. The zero-order valence-corrected chi connectivity index (χ0v) is 12.4. The average molecular weight is 312 g/mol. The highest BCUT2D eigenvalue weighted by atomic mass is 79.9. The van der Waals surface area contributed by atoms with E-state index in [-0.39, 0.29) is 11.6 Å². The van der Waals surface area contributed by atoms with Gasteiger partial charge in [0.2, 0.25) is 0 Å². The van der Waals surface area contributed by atoms with Crippen molar-refractivity contribution >= 4 is 27.6 Å². The third kappa shape index (κ3) is 2.12. The van der Waals surface area contributed by atoms with Gasteiger partial charge in [-0.15, -0.1) is 0 Å². The van der Waals surface area contributed by atoms with Crippen molar-refractivity contribution in [1.82, 2.24) is 0 Å². The number of rotatable bonds is 3. The number of hydrogen-bond acceptors (Lipinski definition) is 4. The first kappa shape index (κ1) is 13.4. The molecule has 1 aromatic rings. The third-order valence-electron chi connectivity index (χ3n) is 3.62. The first-order valence-electron chi connectivity index (χ1n) is 5.87. The highest BCUT2D eigenvalue weighted by molar-refractivity contribution is 9.10. The Hall–Kier alpha value is -1.07. The van der Waals surface area contributed by atoms with Gasteiger partial charge >= 0.3 is 0 Å². The zero-order valence-electron chi connectivity index (χ0n) is 10.9. The van der Waals surface area contributed by atoms with Gasteiger partial charge in [-0.25, -0.2) is 0 Å². The summed E-state index contributed by atoms with van der Waals surface area (Å²) in [5.74, 6) is 0.545. The largest absolute Gasteiger partial charge is 0.379 e. The number of guanidine groups is 1. The van der Waals surface area contributed by atoms with Gasteiger partial charge in [-0.2, -0.15) is 0 Å². The second kappa shape index (κ2) is 4.90. The number of aliphatic imine (C=N–C) groups is 1. The summed E-state index contributed by atoms with van der Waals surface area (Å²) in [6.07, 6.45) is 0.0333. The molecule has 0 saturated heterocycles. The summed E-state index contributed by atoms with van der Waals surface area (Å²) in [6.45, 7) is 4.80. The number of hydrogen-bond donors (Lipinski definition) is 1. The van der Waals surface area contributed by atoms with Crippen LogP contribution in [0, 0.1) is 0 Å². The lowest BCUT2D eigenvalue weighted by Crippen LogP contribution is -2.56. The molecule has 2 rings (SSSR count). The predicted octanol–water partition coefficient (Wildman–Crippen LogP) is 2.38. The molecule has 0 amide bonds. The minimum atomic E-state index is -0.243. The van der Waals surface area contributed by atoms with Crippen LogP contribution in [-0.2, 0) is 4.74 Å². The Bertz CT molecular complexity index is 460. The van der Waals surface area contributed by atoms with Crippen LogP contribution in [0.2, 0.25) is 0 Å². The van der Waals surface area contributed by atoms with E-state index in [0.29, 0.717) is 12.5 Å². The molecule has 0 aliphatic carbocycles. The van der Waals surface area contributed by atoms with Gasteiger partial charge in [0.05, 0.1) is 18.2 Å². The second-order valence-electron chi connectivity index (χ2n) is 4.72. The lowest BCUT2D eigenvalue weighted by molar-refractivity contribution is 0.0645. The molecule has 1 aliphatic rings. The van der Waals surface area contributed by atoms with E-state index < -0.39 is 0 Å². The molecule has 2 atom stereocenters. The Morgan fingerprint density at radius 2 is 2.06 bits per heavy atom. The van der Waals surface area contributed by atoms with Gasteiger partial charge in [0.15, 0.2) is 5.96 Å². The molecule has 0 saturated carbocycles. The summed E-state index contributed by atoms with van der Waals surface area (Å²) in [4.78, 5) is 6.42. The first-order chi connectivity index (χ1) is 8.49. The van der Waals surface area contributed by atoms with Crippen molar-refractivity contribution in [2.24, 2.45) is 10.7 Å². The fourth-order valence-electron chi connectivity index (χ4n) is 2.23. The van der Waals surface area contributed by atoms with Crippen molar-refractivity contribution in [1.29, 1.82) is 0 Å². The highest BCUT2D eigenvalue weighted by Gasteiger charge is 2.43. The maximum atomic E-state index is 6.03. The van der Waals surface area contributed by atoms with Crippen LogP contribution < -0.4 is 10.6 Å². The van der Waals surface area contributed by atoms with Gasteiger partial charge in [0.1, 0.15) is 0 Å². The van der Waals surface area contributed by atoms with Crippen LogP contribution in [0.25, 0.3) is 0 Å². The molecule has 0 bridgehead atoms. The van der Waals surface area contributed by atoms with E-state index in [0.717, 1.165) is 10.2 Å². The molecule has 1 aromatic carbocycles. The van der Waals surface area contributed by atoms with Gasteiger partial charge in [-0.05, 0) is 38.1 Å². The molecule has 1 heterocycles. The van der Waals surface area contributed by atoms with Crippen LogP contribution in [0.4, 0.5) is 5.69 Å². The number of anilines is 1. The van der Waals surface area contributed by atoms with Gasteiger partial charge in [-0.3, -0.25) is 4.99 Å². The van der Waals surface area contributed by atoms with E-state index in [4.69, 9.17) is 10.5 Å². The molecule has 0 fully saturated rings. The minimum absolute atomic E-state index is 0.0333. The summed E-state index contributed by atoms with van der Waals surface area (Å²) in [5.41, 5.74) is 6.81. The Morgan fingerprint density at radius 3 is 2.61 bits per heavy atom. The van der Waals surface area contributed by atoms with Crippen LogP contribution in [0.1, 0.15) is 13.8 Å². The maximum absolute atomic E-state index is 6.03. The van der Waals surface area contributed by atoms with E-state index in [1.165, 1.54) is 0 Å². The monoisotopic (exact) mass is 311 g/mol. The fourth-order valence-corrected chi connectivity index (χ4v) is 2.49. The van der Waals surface area contributed by atoms with Crippen molar-refractivity contribution < 1.29 is 4.74 Å². The number of methoxy groups -OCH3 is 1. The standard InChI is InChI=1S/C13H18BrN3O/c1-9(18-3)13(2)8-16-12(15)17(13)11-6-4-10(14)5-7-11/h4-7,9H,8H2,1-3H3,(H2,15,16). The number of benzene rings is 1. The Morgan fingerprint density at radius 1 is 1.44 bits per heavy atom. The third-order valence-corrected chi connectivity index (χ3v) is 4.14. The quantitative estimate of drug-likeness (QED) is 0.932. The molecular weight excluding hydrogens is 294 g/mol. The lowest BCUT2D eigenvalue weighted by Gasteiger charge is -2.39. The zero-order chi connectivity index (χ0) is 13.3. The lowest BCUT2D eigenvalue weighted by atomic mass is 9.94. The van der Waals surface area contributed by atoms with Gasteiger partial charge in [-0.1, -0.05) is 15.9 Å². The summed E-state index contributed by atoms with van der Waals surface area (Å²) >= 11 is 3.44. The average Bonchev–Trinajstić information content (AvgIpc) is 2.67. The molecule has 0 radical (unpaired) electrons. The molecule has 4 nitrogen and oxygen atoms in total. The van der Waals surface area contributed by atoms with Crippen molar-refractivity contribution in [2.45, 2.75) is 25.5 Å². The minimum Gasteiger partial charge on any atom is -0.379 e. The molecule has 2 unspecified atom stereocenters. The van der Waals surface area contributed by atoms with Crippen LogP contribution in [-0.4, -0.2) is 31.3 Å². The number of nitrogens with zero attached hydrogens (tertiary/aromatic N) is 2. The smallest absolute Gasteiger partial charge is 0.196 e. The van der Waals surface area contributed by atoms with Gasteiger partial charge in [0.25, 0.3) is 0 Å². The van der Waals surface area contributed by atoms with E-state index in [2.05, 4.69) is 27.8 Å². The Labute approximate surface area is 116 Å². The van der Waals surface area contributed by atoms with Crippen molar-refractivity contribution in [2.75, 3.05) is 18.6 Å². The second-order valence-corrected chi connectivity index (χ2v) is 5.64. The summed E-state index contributed by atoms with van der Waals surface area (Å²) in [7, 11) is 1.71. The molecule has 0 aromatic heterocycles. The summed E-state index contributed by atoms with van der Waals surface area (Å²) < 4.78 is 6.53. The maximum Gasteiger partial charge on any atom is 0.196 e. The highest BCUT2D eigenvalue weighted by Crippen LogP contribution is 2.32. The first-order valence-corrected chi connectivity index (χ1v) is 6.67. The normalized spacial score (nSPS) is 25.1. The molecule has 98 valence electrons. The van der Waals surface area contributed by atoms with E-state index >= 15 is 0 Å². The van der Waals surface area contributed by atoms with Crippen LogP contribution in [0.15, 0.2) is 33.7 Å². The Kier molecular flexibility index (Phi) is 3.64. The molecule has 0 spiro atoms. The van der Waals surface area contributed by atoms with E-state index in [9.17, 15) is 0 Å². The molecule has 2 N–H and O–H groups in total. The molecule has 5 heteroatoms.